The number of Topliss-reactive ketones (excluding diaryl/α,β-unsaturated/α-hetero) is 1. The van der Waals surface area contributed by atoms with Crippen LogP contribution in [0.3, 0.4) is 0 Å². The maximum Gasteiger partial charge on any atom is 0.303 e. The van der Waals surface area contributed by atoms with Crippen LogP contribution in [0, 0.1) is 11.8 Å². The molecule has 1 saturated heterocycles. The molecule has 2 heterocycles. The number of pyridine rings is 1. The number of hydrogen-bond acceptors (Lipinski definition) is 6. The van der Waals surface area contributed by atoms with Crippen molar-refractivity contribution in [3.05, 3.63) is 36.0 Å². The van der Waals surface area contributed by atoms with E-state index in [9.17, 15) is 14.7 Å². The molecule has 1 aromatic carbocycles. The summed E-state index contributed by atoms with van der Waals surface area (Å²) in [5, 5.41) is 10.3. The van der Waals surface area contributed by atoms with Gasteiger partial charge < -0.3 is 14.7 Å². The van der Waals surface area contributed by atoms with E-state index in [1.165, 1.54) is 18.6 Å². The number of benzene rings is 1. The zero-order chi connectivity index (χ0) is 23.6. The summed E-state index contributed by atoms with van der Waals surface area (Å²) in [6.07, 6.45) is 6.42. The Hall–Kier alpha value is -2.12. The number of carboxylic acid groups (broad SMARTS) is 1. The Balaban J connectivity index is 1.59. The summed E-state index contributed by atoms with van der Waals surface area (Å²) in [5.74, 6) is 2.69. The zero-order valence-corrected chi connectivity index (χ0v) is 20.6. The summed E-state index contributed by atoms with van der Waals surface area (Å²) in [4.78, 5) is 31.4. The number of hydrogen-bond donors (Lipinski definition) is 1. The van der Waals surface area contributed by atoms with Gasteiger partial charge in [-0.25, -0.2) is 0 Å². The molecule has 1 aromatic heterocycles. The van der Waals surface area contributed by atoms with Crippen LogP contribution in [-0.2, 0) is 4.79 Å². The van der Waals surface area contributed by atoms with Gasteiger partial charge in [0.25, 0.3) is 0 Å². The van der Waals surface area contributed by atoms with Crippen molar-refractivity contribution in [3.8, 4) is 5.75 Å². The molecule has 3 rings (SSSR count). The van der Waals surface area contributed by atoms with E-state index >= 15 is 0 Å². The van der Waals surface area contributed by atoms with E-state index < -0.39 is 5.97 Å². The molecule has 0 aliphatic carbocycles. The van der Waals surface area contributed by atoms with Crippen LogP contribution in [0.15, 0.2) is 30.5 Å². The number of methoxy groups -OCH3 is 1. The summed E-state index contributed by atoms with van der Waals surface area (Å²) < 4.78 is 5.32. The van der Waals surface area contributed by atoms with Crippen molar-refractivity contribution in [2.24, 2.45) is 11.8 Å². The van der Waals surface area contributed by atoms with Gasteiger partial charge in [0.1, 0.15) is 5.75 Å². The molecule has 1 aliphatic heterocycles. The first-order chi connectivity index (χ1) is 16.0. The molecule has 0 bridgehead atoms. The molecule has 6 nitrogen and oxygen atoms in total. The lowest BCUT2D eigenvalue weighted by atomic mass is 9.79. The van der Waals surface area contributed by atoms with Crippen LogP contribution < -0.4 is 4.74 Å². The number of nitrogens with zero attached hydrogens (tertiary/aromatic N) is 2. The fraction of sp³-hybridized carbons (Fsp3) is 0.577. The Morgan fingerprint density at radius 2 is 2.09 bits per heavy atom. The number of likely N-dealkylation sites (tertiary alicyclic amines) is 1. The van der Waals surface area contributed by atoms with Gasteiger partial charge in [0.2, 0.25) is 0 Å². The van der Waals surface area contributed by atoms with Gasteiger partial charge in [0, 0.05) is 48.8 Å². The highest BCUT2D eigenvalue weighted by Crippen LogP contribution is 2.32. The van der Waals surface area contributed by atoms with Crippen molar-refractivity contribution >= 4 is 34.4 Å². The Bertz CT molecular complexity index is 936. The normalized spacial score (nSPS) is 19.0. The fourth-order valence-electron chi connectivity index (χ4n) is 4.68. The lowest BCUT2D eigenvalue weighted by Crippen LogP contribution is -2.42. The minimum absolute atomic E-state index is 0.0829. The maximum absolute atomic E-state index is 13.1. The van der Waals surface area contributed by atoms with Crippen LogP contribution in [0.5, 0.6) is 5.75 Å². The predicted octanol–water partition coefficient (Wildman–Crippen LogP) is 5.15. The van der Waals surface area contributed by atoms with Crippen molar-refractivity contribution in [2.75, 3.05) is 38.2 Å². The number of aliphatic carboxylic acids is 1. The highest BCUT2D eigenvalue weighted by atomic mass is 32.2. The van der Waals surface area contributed by atoms with Crippen LogP contribution in [-0.4, -0.2) is 65.0 Å². The van der Waals surface area contributed by atoms with Crippen molar-refractivity contribution in [3.63, 3.8) is 0 Å². The SMILES string of the molecule is CCCCSCCN1CCC(CCC(=O)c2ccnc3ccc(OC)cc23)C(CC(=O)O)C1. The van der Waals surface area contributed by atoms with E-state index in [0.717, 1.165) is 49.1 Å². The van der Waals surface area contributed by atoms with Gasteiger partial charge in [-0.1, -0.05) is 13.3 Å². The second-order valence-corrected chi connectivity index (χ2v) is 10.1. The molecular formula is C26H36N2O4S. The summed E-state index contributed by atoms with van der Waals surface area (Å²) in [5.41, 5.74) is 1.44. The molecule has 2 atom stereocenters. The van der Waals surface area contributed by atoms with Crippen molar-refractivity contribution in [1.29, 1.82) is 0 Å². The molecule has 2 aromatic rings. The van der Waals surface area contributed by atoms with E-state index in [2.05, 4.69) is 16.8 Å². The molecule has 7 heteroatoms. The number of fused-ring (bicyclic) bond motifs is 1. The highest BCUT2D eigenvalue weighted by molar-refractivity contribution is 7.99. The van der Waals surface area contributed by atoms with Crippen LogP contribution in [0.4, 0.5) is 0 Å². The Labute approximate surface area is 201 Å². The fourth-order valence-corrected chi connectivity index (χ4v) is 5.77. The second kappa shape index (κ2) is 12.9. The number of rotatable bonds is 13. The second-order valence-electron chi connectivity index (χ2n) is 8.88. The van der Waals surface area contributed by atoms with Gasteiger partial charge in [-0.2, -0.15) is 11.8 Å². The number of aromatic nitrogens is 1. The summed E-state index contributed by atoms with van der Waals surface area (Å²) in [6, 6.07) is 7.34. The molecule has 1 aliphatic rings. The predicted molar refractivity (Wildman–Crippen MR) is 134 cm³/mol. The third-order valence-electron chi connectivity index (χ3n) is 6.60. The maximum atomic E-state index is 13.1. The van der Waals surface area contributed by atoms with Gasteiger partial charge in [-0.15, -0.1) is 0 Å². The van der Waals surface area contributed by atoms with Crippen molar-refractivity contribution in [1.82, 2.24) is 9.88 Å². The third-order valence-corrected chi connectivity index (χ3v) is 7.65. The first-order valence-corrected chi connectivity index (χ1v) is 13.1. The molecule has 0 saturated carbocycles. The number of carbonyl (C=O) groups excluding carboxylic acids is 1. The number of carbonyl (C=O) groups is 2. The molecule has 33 heavy (non-hydrogen) atoms. The van der Waals surface area contributed by atoms with E-state index in [1.54, 1.807) is 19.4 Å². The number of ketones is 1. The average Bonchev–Trinajstić information content (AvgIpc) is 2.82. The van der Waals surface area contributed by atoms with Crippen molar-refractivity contribution < 1.29 is 19.4 Å². The van der Waals surface area contributed by atoms with Crippen LogP contribution in [0.2, 0.25) is 0 Å². The minimum atomic E-state index is -0.747. The average molecular weight is 473 g/mol. The minimum Gasteiger partial charge on any atom is -0.497 e. The molecule has 1 N–H and O–H groups in total. The van der Waals surface area contributed by atoms with Crippen LogP contribution in [0.25, 0.3) is 10.9 Å². The number of ether oxygens (including phenoxy) is 1. The smallest absolute Gasteiger partial charge is 0.303 e. The monoisotopic (exact) mass is 472 g/mol. The van der Waals surface area contributed by atoms with E-state index in [-0.39, 0.29) is 24.0 Å². The number of piperidine rings is 1. The lowest BCUT2D eigenvalue weighted by Gasteiger charge is -2.38. The standard InChI is InChI=1S/C26H36N2O4S/c1-3-4-14-33-15-13-28-12-10-19(20(18-28)16-26(30)31)5-8-25(29)22-9-11-27-24-7-6-21(32-2)17-23(22)24/h6-7,9,11,17,19-20H,3-5,8,10,12-16,18H2,1-2H3,(H,30,31). The Morgan fingerprint density at radius 3 is 2.85 bits per heavy atom. The molecule has 1 fully saturated rings. The number of unbranched alkanes of at least 4 members (excludes halogenated alkanes) is 1. The topological polar surface area (TPSA) is 79.7 Å². The Kier molecular flexibility index (Phi) is 10.0. The van der Waals surface area contributed by atoms with Crippen LogP contribution >= 0.6 is 11.8 Å². The first-order valence-electron chi connectivity index (χ1n) is 12.0. The van der Waals surface area contributed by atoms with E-state index in [1.807, 2.05) is 30.0 Å². The number of carboxylic acids is 1. The summed E-state index contributed by atoms with van der Waals surface area (Å²) in [7, 11) is 1.61. The van der Waals surface area contributed by atoms with Gasteiger partial charge in [0.05, 0.1) is 12.6 Å². The van der Waals surface area contributed by atoms with Gasteiger partial charge >= 0.3 is 5.97 Å². The molecular weight excluding hydrogens is 436 g/mol. The zero-order valence-electron chi connectivity index (χ0n) is 19.8. The largest absolute Gasteiger partial charge is 0.497 e. The van der Waals surface area contributed by atoms with Crippen molar-refractivity contribution in [2.45, 2.75) is 45.4 Å². The number of thioether (sulfide) groups is 1. The van der Waals surface area contributed by atoms with E-state index in [4.69, 9.17) is 4.74 Å². The highest BCUT2D eigenvalue weighted by Gasteiger charge is 2.31. The first kappa shape index (κ1) is 25.5. The van der Waals surface area contributed by atoms with Crippen LogP contribution in [0.1, 0.15) is 55.8 Å². The molecule has 2 unspecified atom stereocenters. The van der Waals surface area contributed by atoms with E-state index in [0.29, 0.717) is 17.7 Å². The molecule has 0 amide bonds. The van der Waals surface area contributed by atoms with Gasteiger partial charge in [-0.3, -0.25) is 14.6 Å². The summed E-state index contributed by atoms with van der Waals surface area (Å²) in [6.45, 7) is 5.02. The molecule has 0 radical (unpaired) electrons. The molecule has 180 valence electrons. The van der Waals surface area contributed by atoms with Gasteiger partial charge in [0.15, 0.2) is 5.78 Å². The van der Waals surface area contributed by atoms with Gasteiger partial charge in [-0.05, 0) is 67.7 Å². The molecule has 0 spiro atoms. The quantitative estimate of drug-likeness (QED) is 0.319. The Morgan fingerprint density at radius 1 is 1.24 bits per heavy atom. The lowest BCUT2D eigenvalue weighted by molar-refractivity contribution is -0.139. The summed E-state index contributed by atoms with van der Waals surface area (Å²) >= 11 is 1.99. The third kappa shape index (κ3) is 7.44.